The number of ether oxygens (including phenoxy) is 2. The highest BCUT2D eigenvalue weighted by molar-refractivity contribution is 14.1. The molecule has 7 nitrogen and oxygen atoms in total. The first-order valence-corrected chi connectivity index (χ1v) is 13.2. The Hall–Kier alpha value is -1.59. The summed E-state index contributed by atoms with van der Waals surface area (Å²) in [5.41, 5.74) is 2.43. The zero-order valence-electron chi connectivity index (χ0n) is 19.9. The smallest absolute Gasteiger partial charge is 0.149 e. The Balaban J connectivity index is 1.61. The standard InChI is InChI=1S/C25H30Cl2IN3O4/c1-16(11-26)14-35-23-9-6-18(10-21(23)27)25(2,3)17-4-7-20(8-5-17)34-15-19(33)12-31-22(13-32)24(28)29-30-31/h4-10,16,19,32-33H,11-15H2,1-3H3. The SMILES string of the molecule is CC(CCl)COc1ccc(C(C)(C)c2ccc(OCC(O)Cn3nnc(I)c3CO)cc2)cc1Cl. The van der Waals surface area contributed by atoms with Gasteiger partial charge in [0.05, 0.1) is 30.5 Å². The first-order chi connectivity index (χ1) is 16.6. The molecular formula is C25H30Cl2IN3O4. The lowest BCUT2D eigenvalue weighted by Gasteiger charge is -2.27. The lowest BCUT2D eigenvalue weighted by molar-refractivity contribution is 0.0866. The molecule has 2 aromatic carbocycles. The predicted octanol–water partition coefficient (Wildman–Crippen LogP) is 5.05. The van der Waals surface area contributed by atoms with Gasteiger partial charge in [-0.15, -0.1) is 16.7 Å². The molecule has 1 heterocycles. The van der Waals surface area contributed by atoms with Gasteiger partial charge in [0.1, 0.15) is 27.9 Å². The van der Waals surface area contributed by atoms with Crippen LogP contribution in [-0.4, -0.2) is 50.4 Å². The highest BCUT2D eigenvalue weighted by Gasteiger charge is 2.24. The number of alkyl halides is 1. The third-order valence-corrected chi connectivity index (χ3v) is 7.44. The van der Waals surface area contributed by atoms with Crippen molar-refractivity contribution >= 4 is 45.8 Å². The number of halogens is 3. The molecule has 0 bridgehead atoms. The van der Waals surface area contributed by atoms with Gasteiger partial charge in [-0.1, -0.05) is 55.8 Å². The minimum Gasteiger partial charge on any atom is -0.492 e. The Morgan fingerprint density at radius 3 is 2.40 bits per heavy atom. The van der Waals surface area contributed by atoms with Crippen molar-refractivity contribution < 1.29 is 19.7 Å². The highest BCUT2D eigenvalue weighted by atomic mass is 127. The fourth-order valence-electron chi connectivity index (χ4n) is 3.47. The van der Waals surface area contributed by atoms with Crippen LogP contribution in [0.2, 0.25) is 5.02 Å². The fraction of sp³-hybridized carbons (Fsp3) is 0.440. The second-order valence-corrected chi connectivity index (χ2v) is 10.7. The van der Waals surface area contributed by atoms with E-state index in [1.165, 1.54) is 4.68 Å². The van der Waals surface area contributed by atoms with Gasteiger partial charge in [-0.3, -0.25) is 0 Å². The van der Waals surface area contributed by atoms with Crippen molar-refractivity contribution in [3.63, 3.8) is 0 Å². The Morgan fingerprint density at radius 1 is 1.09 bits per heavy atom. The molecule has 3 rings (SSSR count). The molecule has 0 spiro atoms. The van der Waals surface area contributed by atoms with Gasteiger partial charge in [0.15, 0.2) is 0 Å². The van der Waals surface area contributed by atoms with Crippen LogP contribution in [0.25, 0.3) is 0 Å². The van der Waals surface area contributed by atoms with E-state index in [1.807, 2.05) is 72.0 Å². The highest BCUT2D eigenvalue weighted by Crippen LogP contribution is 2.36. The second-order valence-electron chi connectivity index (χ2n) is 9.00. The molecule has 2 unspecified atom stereocenters. The molecule has 1 aromatic heterocycles. The summed E-state index contributed by atoms with van der Waals surface area (Å²) >= 11 is 14.3. The van der Waals surface area contributed by atoms with Crippen molar-refractivity contribution in [1.29, 1.82) is 0 Å². The normalized spacial score (nSPS) is 13.5. The van der Waals surface area contributed by atoms with Gasteiger partial charge < -0.3 is 19.7 Å². The van der Waals surface area contributed by atoms with Crippen LogP contribution >= 0.6 is 45.8 Å². The molecule has 0 saturated carbocycles. The molecule has 0 aliphatic carbocycles. The number of aromatic nitrogens is 3. The molecule has 2 atom stereocenters. The number of hydrogen-bond acceptors (Lipinski definition) is 6. The molecule has 0 radical (unpaired) electrons. The zero-order valence-corrected chi connectivity index (χ0v) is 23.6. The number of rotatable bonds is 12. The van der Waals surface area contributed by atoms with Gasteiger partial charge in [-0.05, 0) is 58.0 Å². The summed E-state index contributed by atoms with van der Waals surface area (Å²) in [6, 6.07) is 13.6. The van der Waals surface area contributed by atoms with E-state index in [2.05, 4.69) is 24.2 Å². The molecule has 0 amide bonds. The third-order valence-electron chi connectivity index (χ3n) is 5.78. The largest absolute Gasteiger partial charge is 0.492 e. The van der Waals surface area contributed by atoms with Gasteiger partial charge in [0.25, 0.3) is 0 Å². The van der Waals surface area contributed by atoms with Crippen molar-refractivity contribution in [1.82, 2.24) is 15.0 Å². The molecule has 0 fully saturated rings. The van der Waals surface area contributed by atoms with Crippen LogP contribution < -0.4 is 9.47 Å². The average molecular weight is 634 g/mol. The van der Waals surface area contributed by atoms with E-state index >= 15 is 0 Å². The van der Waals surface area contributed by atoms with Gasteiger partial charge >= 0.3 is 0 Å². The summed E-state index contributed by atoms with van der Waals surface area (Å²) in [7, 11) is 0. The van der Waals surface area contributed by atoms with Crippen molar-refractivity contribution in [3.05, 3.63) is 68.0 Å². The van der Waals surface area contributed by atoms with Crippen LogP contribution in [0.4, 0.5) is 0 Å². The van der Waals surface area contributed by atoms with Crippen LogP contribution in [0.3, 0.4) is 0 Å². The van der Waals surface area contributed by atoms with Crippen LogP contribution in [0.1, 0.15) is 37.6 Å². The summed E-state index contributed by atoms with van der Waals surface area (Å²) in [5, 5.41) is 28.2. The topological polar surface area (TPSA) is 89.6 Å². The molecule has 0 saturated heterocycles. The van der Waals surface area contributed by atoms with E-state index in [4.69, 9.17) is 32.7 Å². The van der Waals surface area contributed by atoms with Crippen LogP contribution in [0, 0.1) is 9.62 Å². The molecule has 2 N–H and O–H groups in total. The number of hydrogen-bond donors (Lipinski definition) is 2. The summed E-state index contributed by atoms with van der Waals surface area (Å²) in [4.78, 5) is 0. The lowest BCUT2D eigenvalue weighted by atomic mass is 9.78. The fourth-order valence-corrected chi connectivity index (χ4v) is 4.34. The number of benzene rings is 2. The van der Waals surface area contributed by atoms with Crippen molar-refractivity contribution in [2.75, 3.05) is 19.1 Å². The maximum absolute atomic E-state index is 10.3. The van der Waals surface area contributed by atoms with E-state index < -0.39 is 6.10 Å². The molecule has 3 aromatic rings. The third kappa shape index (κ3) is 7.22. The van der Waals surface area contributed by atoms with Crippen LogP contribution in [0.15, 0.2) is 42.5 Å². The van der Waals surface area contributed by atoms with E-state index in [0.29, 0.717) is 38.4 Å². The Bertz CT molecular complexity index is 1110. The average Bonchev–Trinajstić information content (AvgIpc) is 3.20. The minimum atomic E-state index is -0.802. The Morgan fingerprint density at radius 2 is 1.77 bits per heavy atom. The van der Waals surface area contributed by atoms with Gasteiger partial charge in [-0.2, -0.15) is 0 Å². The minimum absolute atomic E-state index is 0.0868. The van der Waals surface area contributed by atoms with Crippen molar-refractivity contribution in [2.45, 2.75) is 45.4 Å². The van der Waals surface area contributed by atoms with Gasteiger partial charge in [0, 0.05) is 17.2 Å². The zero-order chi connectivity index (χ0) is 25.6. The molecule has 10 heteroatoms. The van der Waals surface area contributed by atoms with E-state index in [1.54, 1.807) is 0 Å². The summed E-state index contributed by atoms with van der Waals surface area (Å²) in [6.07, 6.45) is -0.802. The van der Waals surface area contributed by atoms with Gasteiger partial charge in [-0.25, -0.2) is 4.68 Å². The Kier molecular flexibility index (Phi) is 10.1. The first-order valence-electron chi connectivity index (χ1n) is 11.2. The summed E-state index contributed by atoms with van der Waals surface area (Å²) < 4.78 is 13.7. The first kappa shape index (κ1) is 28.0. The van der Waals surface area contributed by atoms with E-state index in [9.17, 15) is 10.2 Å². The van der Waals surface area contributed by atoms with Gasteiger partial charge in [0.2, 0.25) is 0 Å². The van der Waals surface area contributed by atoms with Crippen molar-refractivity contribution in [2.24, 2.45) is 5.92 Å². The van der Waals surface area contributed by atoms with Crippen LogP contribution in [0.5, 0.6) is 11.5 Å². The monoisotopic (exact) mass is 633 g/mol. The molecule has 0 aliphatic rings. The van der Waals surface area contributed by atoms with E-state index in [-0.39, 0.29) is 31.1 Å². The number of aliphatic hydroxyl groups is 2. The number of nitrogens with zero attached hydrogens (tertiary/aromatic N) is 3. The Labute approximate surface area is 229 Å². The van der Waals surface area contributed by atoms with Crippen LogP contribution in [-0.2, 0) is 18.6 Å². The van der Waals surface area contributed by atoms with E-state index in [0.717, 1.165) is 11.1 Å². The molecule has 35 heavy (non-hydrogen) atoms. The number of aliphatic hydroxyl groups excluding tert-OH is 2. The lowest BCUT2D eigenvalue weighted by Crippen LogP contribution is -2.25. The van der Waals surface area contributed by atoms with Crippen molar-refractivity contribution in [3.8, 4) is 11.5 Å². The predicted molar refractivity (Wildman–Crippen MR) is 146 cm³/mol. The second kappa shape index (κ2) is 12.6. The maximum Gasteiger partial charge on any atom is 0.149 e. The molecule has 0 aliphatic heterocycles. The quantitative estimate of drug-likeness (QED) is 0.214. The maximum atomic E-state index is 10.3. The molecule has 190 valence electrons. The summed E-state index contributed by atoms with van der Waals surface area (Å²) in [6.45, 7) is 6.88. The molecular weight excluding hydrogens is 604 g/mol. The summed E-state index contributed by atoms with van der Waals surface area (Å²) in [5.74, 6) is 2.08.